The highest BCUT2D eigenvalue weighted by Gasteiger charge is 2.18. The van der Waals surface area contributed by atoms with Crippen molar-refractivity contribution >= 4 is 29.2 Å². The summed E-state index contributed by atoms with van der Waals surface area (Å²) < 4.78 is 0. The van der Waals surface area contributed by atoms with Gasteiger partial charge in [-0.2, -0.15) is 5.10 Å². The molecule has 112 valence electrons. The van der Waals surface area contributed by atoms with E-state index in [1.807, 2.05) is 67.6 Å². The molecule has 0 heterocycles. The average Bonchev–Trinajstić information content (AvgIpc) is 2.58. The van der Waals surface area contributed by atoms with Crippen LogP contribution in [0, 0.1) is 5.41 Å². The van der Waals surface area contributed by atoms with Crippen molar-refractivity contribution < 1.29 is 4.79 Å². The summed E-state index contributed by atoms with van der Waals surface area (Å²) in [5.74, 6) is -0.313. The third kappa shape index (κ3) is 3.79. The van der Waals surface area contributed by atoms with Crippen LogP contribution in [0.2, 0.25) is 0 Å². The lowest BCUT2D eigenvalue weighted by atomic mass is 10.2. The maximum absolute atomic E-state index is 12.5. The van der Waals surface area contributed by atoms with Crippen molar-refractivity contribution in [2.45, 2.75) is 6.92 Å². The number of anilines is 2. The Morgan fingerprint density at radius 3 is 2.27 bits per heavy atom. The van der Waals surface area contributed by atoms with E-state index in [4.69, 9.17) is 5.41 Å². The molecule has 0 spiro atoms. The number of carbonyl (C=O) groups excluding carboxylic acids is 1. The van der Waals surface area contributed by atoms with Crippen LogP contribution in [0.15, 0.2) is 65.8 Å². The molecule has 0 bridgehead atoms. The Bertz CT molecular complexity index is 653. The van der Waals surface area contributed by atoms with Crippen LogP contribution in [0.4, 0.5) is 11.4 Å². The van der Waals surface area contributed by atoms with Crippen molar-refractivity contribution in [2.24, 2.45) is 5.10 Å². The van der Waals surface area contributed by atoms with E-state index in [-0.39, 0.29) is 11.6 Å². The third-order valence-corrected chi connectivity index (χ3v) is 3.06. The Morgan fingerprint density at radius 1 is 1.14 bits per heavy atom. The fraction of sp³-hybridized carbons (Fsp3) is 0.118. The number of benzene rings is 2. The SMILES string of the molecule is CCN(C(=O)/C(C=N)=N/Nc1ccccc1)c1ccccc1. The zero-order valence-corrected chi connectivity index (χ0v) is 12.4. The number of para-hydroxylation sites is 2. The number of carbonyl (C=O) groups is 1. The Hall–Kier alpha value is -2.95. The first-order valence-electron chi connectivity index (χ1n) is 7.02. The smallest absolute Gasteiger partial charge is 0.280 e. The predicted octanol–water partition coefficient (Wildman–Crippen LogP) is 3.16. The van der Waals surface area contributed by atoms with E-state index < -0.39 is 0 Å². The molecule has 0 aliphatic heterocycles. The Balaban J connectivity index is 2.18. The van der Waals surface area contributed by atoms with E-state index in [0.717, 1.165) is 17.6 Å². The standard InChI is InChI=1S/C17H18N4O/c1-2-21(15-11-7-4-8-12-15)17(22)16(13-18)20-19-14-9-5-3-6-10-14/h3-13,18-19H,2H2,1H3/b18-13?,20-16+. The first kappa shape index (κ1) is 15.4. The topological polar surface area (TPSA) is 68.5 Å². The van der Waals surface area contributed by atoms with Crippen LogP contribution in [0.1, 0.15) is 6.92 Å². The fourth-order valence-electron chi connectivity index (χ4n) is 1.97. The lowest BCUT2D eigenvalue weighted by Crippen LogP contribution is -2.37. The van der Waals surface area contributed by atoms with Crippen molar-refractivity contribution in [3.8, 4) is 0 Å². The van der Waals surface area contributed by atoms with Gasteiger partial charge in [-0.15, -0.1) is 0 Å². The van der Waals surface area contributed by atoms with Crippen LogP contribution in [-0.4, -0.2) is 24.4 Å². The van der Waals surface area contributed by atoms with Gasteiger partial charge in [0.15, 0.2) is 5.71 Å². The van der Waals surface area contributed by atoms with E-state index in [1.54, 1.807) is 4.90 Å². The Kier molecular flexibility index (Phi) is 5.43. The van der Waals surface area contributed by atoms with Crippen LogP contribution >= 0.6 is 0 Å². The summed E-state index contributed by atoms with van der Waals surface area (Å²) >= 11 is 0. The lowest BCUT2D eigenvalue weighted by Gasteiger charge is -2.20. The number of hydrogen-bond donors (Lipinski definition) is 2. The number of amides is 1. The minimum absolute atomic E-state index is 0.0505. The van der Waals surface area contributed by atoms with Gasteiger partial charge in [0.05, 0.1) is 11.9 Å². The van der Waals surface area contributed by atoms with Crippen molar-refractivity contribution in [2.75, 3.05) is 16.9 Å². The minimum atomic E-state index is -0.313. The van der Waals surface area contributed by atoms with Crippen LogP contribution in [-0.2, 0) is 4.79 Å². The van der Waals surface area contributed by atoms with Gasteiger partial charge in [-0.1, -0.05) is 36.4 Å². The van der Waals surface area contributed by atoms with Gasteiger partial charge in [0, 0.05) is 12.2 Å². The Labute approximate surface area is 129 Å². The molecule has 0 saturated carbocycles. The van der Waals surface area contributed by atoms with Gasteiger partial charge in [-0.25, -0.2) is 0 Å². The van der Waals surface area contributed by atoms with Crippen molar-refractivity contribution in [1.82, 2.24) is 0 Å². The van der Waals surface area contributed by atoms with E-state index >= 15 is 0 Å². The summed E-state index contributed by atoms with van der Waals surface area (Å²) in [6.07, 6.45) is 0.962. The lowest BCUT2D eigenvalue weighted by molar-refractivity contribution is -0.112. The summed E-state index contributed by atoms with van der Waals surface area (Å²) in [6, 6.07) is 18.6. The molecule has 2 N–H and O–H groups in total. The highest BCUT2D eigenvalue weighted by atomic mass is 16.2. The number of nitrogens with one attached hydrogen (secondary N) is 2. The Morgan fingerprint density at radius 2 is 1.73 bits per heavy atom. The summed E-state index contributed by atoms with van der Waals surface area (Å²) in [4.78, 5) is 14.1. The zero-order chi connectivity index (χ0) is 15.8. The first-order valence-corrected chi connectivity index (χ1v) is 7.02. The summed E-state index contributed by atoms with van der Waals surface area (Å²) in [5, 5.41) is 11.5. The van der Waals surface area contributed by atoms with Gasteiger partial charge in [-0.05, 0) is 31.2 Å². The molecule has 2 aromatic carbocycles. The van der Waals surface area contributed by atoms with E-state index in [2.05, 4.69) is 10.5 Å². The number of hydrazone groups is 1. The second kappa shape index (κ2) is 7.73. The van der Waals surface area contributed by atoms with Crippen LogP contribution in [0.3, 0.4) is 0 Å². The normalized spacial score (nSPS) is 10.9. The van der Waals surface area contributed by atoms with Gasteiger partial charge in [0.2, 0.25) is 0 Å². The molecule has 0 aliphatic rings. The zero-order valence-electron chi connectivity index (χ0n) is 12.4. The predicted molar refractivity (Wildman–Crippen MR) is 90.8 cm³/mol. The molecule has 5 heteroatoms. The van der Waals surface area contributed by atoms with Crippen LogP contribution in [0.5, 0.6) is 0 Å². The van der Waals surface area contributed by atoms with Gasteiger partial charge in [-0.3, -0.25) is 10.2 Å². The molecule has 0 atom stereocenters. The highest BCUT2D eigenvalue weighted by Crippen LogP contribution is 2.13. The largest absolute Gasteiger partial charge is 0.307 e. The molecular formula is C17H18N4O. The molecule has 0 radical (unpaired) electrons. The molecule has 2 aromatic rings. The maximum Gasteiger partial charge on any atom is 0.280 e. The van der Waals surface area contributed by atoms with E-state index in [0.29, 0.717) is 6.54 Å². The third-order valence-electron chi connectivity index (χ3n) is 3.06. The van der Waals surface area contributed by atoms with Crippen molar-refractivity contribution in [3.05, 3.63) is 60.7 Å². The fourth-order valence-corrected chi connectivity index (χ4v) is 1.97. The minimum Gasteiger partial charge on any atom is -0.307 e. The molecule has 22 heavy (non-hydrogen) atoms. The van der Waals surface area contributed by atoms with Gasteiger partial charge in [0.25, 0.3) is 5.91 Å². The van der Waals surface area contributed by atoms with E-state index in [1.165, 1.54) is 0 Å². The second-order valence-corrected chi connectivity index (χ2v) is 4.50. The molecular weight excluding hydrogens is 276 g/mol. The molecule has 0 fully saturated rings. The summed E-state index contributed by atoms with van der Waals surface area (Å²) in [5.41, 5.74) is 4.39. The molecule has 0 unspecified atom stereocenters. The van der Waals surface area contributed by atoms with Crippen LogP contribution in [0.25, 0.3) is 0 Å². The molecule has 0 aromatic heterocycles. The summed E-state index contributed by atoms with van der Waals surface area (Å²) in [6.45, 7) is 2.39. The van der Waals surface area contributed by atoms with Gasteiger partial charge < -0.3 is 10.3 Å². The van der Waals surface area contributed by atoms with Crippen molar-refractivity contribution in [3.63, 3.8) is 0 Å². The average molecular weight is 294 g/mol. The quantitative estimate of drug-likeness (QED) is 0.634. The first-order chi connectivity index (χ1) is 10.8. The van der Waals surface area contributed by atoms with Crippen molar-refractivity contribution in [1.29, 1.82) is 5.41 Å². The van der Waals surface area contributed by atoms with E-state index in [9.17, 15) is 4.79 Å². The monoisotopic (exact) mass is 294 g/mol. The second-order valence-electron chi connectivity index (χ2n) is 4.50. The van der Waals surface area contributed by atoms with Gasteiger partial charge in [0.1, 0.15) is 0 Å². The number of rotatable bonds is 6. The molecule has 5 nitrogen and oxygen atoms in total. The molecule has 0 saturated heterocycles. The maximum atomic E-state index is 12.5. The number of hydrogen-bond acceptors (Lipinski definition) is 4. The molecule has 0 aliphatic carbocycles. The van der Waals surface area contributed by atoms with Gasteiger partial charge >= 0.3 is 0 Å². The molecule has 2 rings (SSSR count). The molecule has 1 amide bonds. The van der Waals surface area contributed by atoms with Crippen LogP contribution < -0.4 is 10.3 Å². The highest BCUT2D eigenvalue weighted by molar-refractivity contribution is 6.62. The number of nitrogens with zero attached hydrogens (tertiary/aromatic N) is 2. The summed E-state index contributed by atoms with van der Waals surface area (Å²) in [7, 11) is 0.